The van der Waals surface area contributed by atoms with Crippen LogP contribution in [0.3, 0.4) is 0 Å². The first-order chi connectivity index (χ1) is 16.7. The van der Waals surface area contributed by atoms with E-state index in [1.54, 1.807) is 44.5 Å². The number of methoxy groups -OCH3 is 1. The number of hydrogen-bond acceptors (Lipinski definition) is 4. The monoisotopic (exact) mass is 481 g/mol. The van der Waals surface area contributed by atoms with Crippen LogP contribution in [0, 0.1) is 23.5 Å². The van der Waals surface area contributed by atoms with Crippen LogP contribution in [0.2, 0.25) is 0 Å². The van der Waals surface area contributed by atoms with Gasteiger partial charge in [0.05, 0.1) is 17.5 Å². The Kier molecular flexibility index (Phi) is 7.99. The van der Waals surface area contributed by atoms with E-state index in [1.165, 1.54) is 18.1 Å². The maximum atomic E-state index is 15.0. The molecule has 3 rings (SSSR count). The molecule has 0 unspecified atom stereocenters. The number of imide groups is 1. The smallest absolute Gasteiger partial charge is 0.332 e. The molecule has 2 aromatic carbocycles. The fourth-order valence-electron chi connectivity index (χ4n) is 3.72. The van der Waals surface area contributed by atoms with Crippen molar-refractivity contribution < 1.29 is 28.1 Å². The first kappa shape index (κ1) is 25.6. The van der Waals surface area contributed by atoms with Gasteiger partial charge in [-0.3, -0.25) is 4.79 Å². The molecule has 3 amide bonds. The first-order valence-electron chi connectivity index (χ1n) is 10.9. The van der Waals surface area contributed by atoms with Crippen LogP contribution in [0.4, 0.5) is 19.3 Å². The van der Waals surface area contributed by atoms with Crippen LogP contribution in [-0.2, 0) is 9.53 Å². The minimum atomic E-state index is -1.13. The fraction of sp³-hybridized carbons (Fsp3) is 0.269. The minimum absolute atomic E-state index is 0.0767. The number of nitrogens with zero attached hydrogens (tertiary/aromatic N) is 2. The van der Waals surface area contributed by atoms with Gasteiger partial charge in [0.2, 0.25) is 5.91 Å². The third-order valence-corrected chi connectivity index (χ3v) is 5.84. The molecule has 9 heteroatoms. The minimum Gasteiger partial charge on any atom is -0.404 e. The Morgan fingerprint density at radius 2 is 1.80 bits per heavy atom. The maximum Gasteiger partial charge on any atom is 0.332 e. The highest BCUT2D eigenvalue weighted by molar-refractivity contribution is 6.17. The van der Waals surface area contributed by atoms with E-state index in [0.717, 1.165) is 12.1 Å². The predicted molar refractivity (Wildman–Crippen MR) is 128 cm³/mol. The Bertz CT molecular complexity index is 1210. The lowest BCUT2D eigenvalue weighted by molar-refractivity contribution is -0.455. The normalized spacial score (nSPS) is 18.7. The van der Waals surface area contributed by atoms with Crippen molar-refractivity contribution in [3.05, 3.63) is 77.0 Å². The molecule has 0 bridgehead atoms. The Morgan fingerprint density at radius 3 is 2.40 bits per heavy atom. The van der Waals surface area contributed by atoms with Gasteiger partial charge in [0.1, 0.15) is 12.3 Å². The van der Waals surface area contributed by atoms with Gasteiger partial charge in [0.15, 0.2) is 24.4 Å². The molecule has 0 saturated carbocycles. The van der Waals surface area contributed by atoms with Gasteiger partial charge in [0, 0.05) is 31.5 Å². The van der Waals surface area contributed by atoms with Gasteiger partial charge in [0.25, 0.3) is 0 Å². The van der Waals surface area contributed by atoms with Crippen LogP contribution in [0.15, 0.2) is 54.2 Å². The molecule has 1 aliphatic rings. The van der Waals surface area contributed by atoms with Crippen molar-refractivity contribution in [1.82, 2.24) is 4.90 Å². The van der Waals surface area contributed by atoms with E-state index in [9.17, 15) is 9.59 Å². The van der Waals surface area contributed by atoms with Gasteiger partial charge in [-0.15, -0.1) is 0 Å². The van der Waals surface area contributed by atoms with E-state index in [4.69, 9.17) is 10.5 Å². The third kappa shape index (κ3) is 5.39. The second-order valence-electron chi connectivity index (χ2n) is 8.14. The molecule has 0 spiro atoms. The lowest BCUT2D eigenvalue weighted by Crippen LogP contribution is -2.72. The molecule has 3 N–H and O–H groups in total. The van der Waals surface area contributed by atoms with Gasteiger partial charge < -0.3 is 15.4 Å². The molecule has 1 atom stereocenters. The summed E-state index contributed by atoms with van der Waals surface area (Å²) in [6.45, 7) is 2.58. The number of nitrogens with two attached hydrogens (primary N) is 1. The molecule has 1 aliphatic heterocycles. The summed E-state index contributed by atoms with van der Waals surface area (Å²) in [6, 6.07) is 10.1. The number of ether oxygens (including phenoxy) is 1. The quantitative estimate of drug-likeness (QED) is 0.372. The van der Waals surface area contributed by atoms with Crippen molar-refractivity contribution >= 4 is 23.8 Å². The number of carbonyl (C=O) groups excluding carboxylic acids is 2. The Morgan fingerprint density at radius 1 is 1.17 bits per heavy atom. The zero-order chi connectivity index (χ0) is 25.6. The Labute approximate surface area is 202 Å². The lowest BCUT2D eigenvalue weighted by atomic mass is 9.85. The molecule has 0 aromatic heterocycles. The van der Waals surface area contributed by atoms with Crippen LogP contribution in [-0.4, -0.2) is 55.9 Å². The van der Waals surface area contributed by atoms with Gasteiger partial charge in [-0.2, -0.15) is 0 Å². The third-order valence-electron chi connectivity index (χ3n) is 5.84. The first-order valence-corrected chi connectivity index (χ1v) is 10.9. The summed E-state index contributed by atoms with van der Waals surface area (Å²) in [4.78, 5) is 31.0. The van der Waals surface area contributed by atoms with E-state index in [0.29, 0.717) is 29.2 Å². The van der Waals surface area contributed by atoms with Gasteiger partial charge in [-0.25, -0.2) is 23.5 Å². The summed E-state index contributed by atoms with van der Waals surface area (Å²) < 4.78 is 35.0. The lowest BCUT2D eigenvalue weighted by Gasteiger charge is -2.45. The summed E-state index contributed by atoms with van der Waals surface area (Å²) in [6.07, 6.45) is 2.64. The molecule has 2 aromatic rings. The number of urea groups is 1. The summed E-state index contributed by atoms with van der Waals surface area (Å²) >= 11 is 0. The van der Waals surface area contributed by atoms with Crippen molar-refractivity contribution in [1.29, 1.82) is 0 Å². The number of hydrogen-bond donors (Lipinski definition) is 2. The van der Waals surface area contributed by atoms with E-state index in [1.807, 2.05) is 6.07 Å². The average Bonchev–Trinajstić information content (AvgIpc) is 2.83. The summed E-state index contributed by atoms with van der Waals surface area (Å²) in [5.41, 5.74) is 5.13. The highest BCUT2D eigenvalue weighted by Gasteiger charge is 2.49. The number of nitrogens with one attached hydrogen (secondary N) is 1. The van der Waals surface area contributed by atoms with Crippen molar-refractivity contribution in [2.45, 2.75) is 18.9 Å². The Hall–Kier alpha value is -4.03. The van der Waals surface area contributed by atoms with Crippen LogP contribution >= 0.6 is 0 Å². The van der Waals surface area contributed by atoms with Crippen LogP contribution in [0.25, 0.3) is 0 Å². The zero-order valence-corrected chi connectivity index (χ0v) is 19.8. The SMILES string of the molecule is COCC[NH+]=CC(=CN)[C@]1(C)CC(=O)N(c2c(F)cc(C#Cc3ccccc3)cc2F)C(=O)N1C. The average molecular weight is 482 g/mol. The van der Waals surface area contributed by atoms with Gasteiger partial charge in [-0.1, -0.05) is 30.0 Å². The summed E-state index contributed by atoms with van der Waals surface area (Å²) in [7, 11) is 3.01. The topological polar surface area (TPSA) is 89.8 Å². The standard InChI is InChI=1S/C26H26F2N4O3/c1-26(20(16-29)17-30-11-12-35-3)15-23(33)32(25(34)31(26)2)24-21(27)13-19(14-22(24)28)10-9-18-7-5-4-6-8-18/h4-8,13-14,16-17H,11-12,15,29H2,1-3H3/p+1/t26-/m0/s1. The number of rotatable bonds is 6. The second kappa shape index (κ2) is 10.9. The van der Waals surface area contributed by atoms with Crippen LogP contribution < -0.4 is 15.6 Å². The highest BCUT2D eigenvalue weighted by atomic mass is 19.1. The number of amides is 3. The van der Waals surface area contributed by atoms with Crippen molar-refractivity contribution in [3.63, 3.8) is 0 Å². The Balaban J connectivity index is 1.91. The van der Waals surface area contributed by atoms with Crippen LogP contribution in [0.1, 0.15) is 24.5 Å². The largest absolute Gasteiger partial charge is 0.404 e. The summed E-state index contributed by atoms with van der Waals surface area (Å²) in [5, 5.41) is 0. The maximum absolute atomic E-state index is 15.0. The van der Waals surface area contributed by atoms with Crippen molar-refractivity contribution in [2.24, 2.45) is 5.73 Å². The molecule has 1 saturated heterocycles. The van der Waals surface area contributed by atoms with E-state index >= 15 is 8.78 Å². The van der Waals surface area contributed by atoms with Crippen molar-refractivity contribution in [3.8, 4) is 11.8 Å². The number of likely N-dealkylation sites (N-methyl/N-ethyl adjacent to an activating group) is 1. The highest BCUT2D eigenvalue weighted by Crippen LogP contribution is 2.36. The number of carbonyl (C=O) groups is 2. The summed E-state index contributed by atoms with van der Waals surface area (Å²) in [5.74, 6) is 2.62. The van der Waals surface area contributed by atoms with E-state index < -0.39 is 34.8 Å². The van der Waals surface area contributed by atoms with Gasteiger partial charge in [-0.05, 0) is 31.2 Å². The van der Waals surface area contributed by atoms with Gasteiger partial charge >= 0.3 is 6.03 Å². The molecule has 0 aliphatic carbocycles. The van der Waals surface area contributed by atoms with E-state index in [2.05, 4.69) is 16.8 Å². The number of halogens is 2. The molecule has 1 heterocycles. The molecule has 182 valence electrons. The molecular weight excluding hydrogens is 454 g/mol. The molecule has 7 nitrogen and oxygen atoms in total. The number of benzene rings is 2. The molecule has 35 heavy (non-hydrogen) atoms. The van der Waals surface area contributed by atoms with Crippen molar-refractivity contribution in [2.75, 3.05) is 32.2 Å². The number of anilines is 1. The molecule has 0 radical (unpaired) electrons. The fourth-order valence-corrected chi connectivity index (χ4v) is 3.72. The molecular formula is C26H27F2N4O3+. The second-order valence-corrected chi connectivity index (χ2v) is 8.14. The van der Waals surface area contributed by atoms with E-state index in [-0.39, 0.29) is 12.0 Å². The van der Waals surface area contributed by atoms with Crippen LogP contribution in [0.5, 0.6) is 0 Å². The zero-order valence-electron chi connectivity index (χ0n) is 19.8. The molecule has 1 fully saturated rings. The predicted octanol–water partition coefficient (Wildman–Crippen LogP) is 1.55.